The van der Waals surface area contributed by atoms with E-state index in [0.29, 0.717) is 35.2 Å². The smallest absolute Gasteiger partial charge is 0.229 e. The van der Waals surface area contributed by atoms with Crippen LogP contribution in [0.15, 0.2) is 42.5 Å². The van der Waals surface area contributed by atoms with E-state index in [1.165, 1.54) is 7.11 Å². The van der Waals surface area contributed by atoms with Gasteiger partial charge in [-0.25, -0.2) is 0 Å². The maximum Gasteiger partial charge on any atom is 0.229 e. The Morgan fingerprint density at radius 1 is 1.00 bits per heavy atom. The van der Waals surface area contributed by atoms with Gasteiger partial charge in [-0.1, -0.05) is 0 Å². The van der Waals surface area contributed by atoms with Crippen molar-refractivity contribution in [2.45, 2.75) is 6.42 Å². The molecule has 1 heterocycles. The van der Waals surface area contributed by atoms with Gasteiger partial charge in [0.1, 0.15) is 17.2 Å². The van der Waals surface area contributed by atoms with Crippen LogP contribution in [-0.4, -0.2) is 39.7 Å². The van der Waals surface area contributed by atoms with Gasteiger partial charge in [-0.3, -0.25) is 9.59 Å². The number of nitrogens with zero attached hydrogens (tertiary/aromatic N) is 1. The number of methoxy groups -OCH3 is 3. The zero-order valence-corrected chi connectivity index (χ0v) is 15.5. The third-order valence-electron chi connectivity index (χ3n) is 4.53. The molecule has 0 aliphatic carbocycles. The lowest BCUT2D eigenvalue weighted by atomic mass is 10.1. The van der Waals surface area contributed by atoms with E-state index >= 15 is 0 Å². The van der Waals surface area contributed by atoms with Gasteiger partial charge in [0.25, 0.3) is 0 Å². The molecule has 3 rings (SSSR count). The van der Waals surface area contributed by atoms with E-state index in [9.17, 15) is 9.59 Å². The van der Waals surface area contributed by atoms with Crippen LogP contribution in [0.2, 0.25) is 0 Å². The molecule has 1 fully saturated rings. The van der Waals surface area contributed by atoms with Gasteiger partial charge in [0.05, 0.1) is 32.9 Å². The van der Waals surface area contributed by atoms with Gasteiger partial charge in [0, 0.05) is 24.7 Å². The Balaban J connectivity index is 1.72. The fourth-order valence-corrected chi connectivity index (χ4v) is 3.04. The van der Waals surface area contributed by atoms with Crippen molar-refractivity contribution in [1.29, 1.82) is 0 Å². The lowest BCUT2D eigenvalue weighted by Gasteiger charge is -2.20. The van der Waals surface area contributed by atoms with E-state index in [1.807, 2.05) is 0 Å². The summed E-state index contributed by atoms with van der Waals surface area (Å²) in [6.45, 7) is 0.295. The molecule has 7 nitrogen and oxygen atoms in total. The largest absolute Gasteiger partial charge is 0.497 e. The molecule has 0 radical (unpaired) electrons. The maximum atomic E-state index is 12.6. The van der Waals surface area contributed by atoms with Crippen molar-refractivity contribution in [2.24, 2.45) is 5.92 Å². The minimum atomic E-state index is -0.439. The second kappa shape index (κ2) is 7.99. The van der Waals surface area contributed by atoms with Gasteiger partial charge in [-0.15, -0.1) is 0 Å². The fraction of sp³-hybridized carbons (Fsp3) is 0.300. The van der Waals surface area contributed by atoms with Crippen molar-refractivity contribution in [1.82, 2.24) is 0 Å². The summed E-state index contributed by atoms with van der Waals surface area (Å²) in [5.74, 6) is 1.13. The first kappa shape index (κ1) is 18.6. The highest BCUT2D eigenvalue weighted by molar-refractivity contribution is 6.04. The van der Waals surface area contributed by atoms with Crippen LogP contribution in [0.3, 0.4) is 0 Å². The summed E-state index contributed by atoms with van der Waals surface area (Å²) >= 11 is 0. The van der Waals surface area contributed by atoms with E-state index in [-0.39, 0.29) is 18.2 Å². The zero-order valence-electron chi connectivity index (χ0n) is 15.5. The van der Waals surface area contributed by atoms with Crippen LogP contribution >= 0.6 is 0 Å². The Morgan fingerprint density at radius 2 is 1.67 bits per heavy atom. The van der Waals surface area contributed by atoms with Crippen molar-refractivity contribution in [2.75, 3.05) is 38.1 Å². The molecule has 1 aliphatic rings. The molecule has 0 saturated carbocycles. The molecule has 1 saturated heterocycles. The second-order valence-corrected chi connectivity index (χ2v) is 6.16. The Hall–Kier alpha value is -3.22. The monoisotopic (exact) mass is 370 g/mol. The number of hydrogen-bond donors (Lipinski definition) is 1. The van der Waals surface area contributed by atoms with Gasteiger partial charge in [0.15, 0.2) is 0 Å². The quantitative estimate of drug-likeness (QED) is 0.846. The molecule has 1 unspecified atom stereocenters. The Labute approximate surface area is 157 Å². The Morgan fingerprint density at radius 3 is 2.30 bits per heavy atom. The highest BCUT2D eigenvalue weighted by Crippen LogP contribution is 2.36. The standard InChI is InChI=1S/C20H22N2O5/c1-25-15-6-4-14(5-7-15)21-20(24)13-10-19(23)22(12-13)17-9-8-16(26-2)11-18(17)27-3/h4-9,11,13H,10,12H2,1-3H3,(H,21,24). The summed E-state index contributed by atoms with van der Waals surface area (Å²) in [5.41, 5.74) is 1.29. The zero-order chi connectivity index (χ0) is 19.4. The van der Waals surface area contributed by atoms with Crippen LogP contribution in [0.4, 0.5) is 11.4 Å². The predicted octanol–water partition coefficient (Wildman–Crippen LogP) is 2.70. The molecule has 142 valence electrons. The summed E-state index contributed by atoms with van der Waals surface area (Å²) in [6.07, 6.45) is 0.150. The van der Waals surface area contributed by atoms with Crippen molar-refractivity contribution >= 4 is 23.2 Å². The average molecular weight is 370 g/mol. The van der Waals surface area contributed by atoms with Crippen LogP contribution in [0, 0.1) is 5.92 Å². The third kappa shape index (κ3) is 3.97. The molecular formula is C20H22N2O5. The molecule has 2 aromatic carbocycles. The first-order chi connectivity index (χ1) is 13.0. The average Bonchev–Trinajstić information content (AvgIpc) is 3.09. The van der Waals surface area contributed by atoms with E-state index in [0.717, 1.165) is 0 Å². The predicted molar refractivity (Wildman–Crippen MR) is 102 cm³/mol. The summed E-state index contributed by atoms with van der Waals surface area (Å²) in [7, 11) is 4.68. The first-order valence-electron chi connectivity index (χ1n) is 8.53. The molecule has 0 spiro atoms. The van der Waals surface area contributed by atoms with Crippen LogP contribution < -0.4 is 24.4 Å². The maximum absolute atomic E-state index is 12.6. The number of hydrogen-bond acceptors (Lipinski definition) is 5. The Bertz CT molecular complexity index is 835. The summed E-state index contributed by atoms with van der Waals surface area (Å²) in [4.78, 5) is 26.6. The van der Waals surface area contributed by atoms with Crippen molar-refractivity contribution in [3.05, 3.63) is 42.5 Å². The number of nitrogens with one attached hydrogen (secondary N) is 1. The van der Waals surface area contributed by atoms with Crippen LogP contribution in [0.25, 0.3) is 0 Å². The number of carbonyl (C=O) groups is 2. The molecule has 1 atom stereocenters. The number of amides is 2. The summed E-state index contributed by atoms with van der Waals surface area (Å²) < 4.78 is 15.7. The van der Waals surface area contributed by atoms with Gasteiger partial charge in [-0.2, -0.15) is 0 Å². The first-order valence-corrected chi connectivity index (χ1v) is 8.53. The van der Waals surface area contributed by atoms with Crippen molar-refractivity contribution in [3.8, 4) is 17.2 Å². The molecule has 2 amide bonds. The topological polar surface area (TPSA) is 77.1 Å². The van der Waals surface area contributed by atoms with Crippen LogP contribution in [0.5, 0.6) is 17.2 Å². The lowest BCUT2D eigenvalue weighted by Crippen LogP contribution is -2.28. The molecule has 2 aromatic rings. The number of benzene rings is 2. The van der Waals surface area contributed by atoms with Gasteiger partial charge >= 0.3 is 0 Å². The summed E-state index contributed by atoms with van der Waals surface area (Å²) in [5, 5.41) is 2.85. The van der Waals surface area contributed by atoms with E-state index in [1.54, 1.807) is 61.6 Å². The molecule has 0 bridgehead atoms. The lowest BCUT2D eigenvalue weighted by molar-refractivity contribution is -0.122. The minimum absolute atomic E-state index is 0.117. The molecule has 1 aliphatic heterocycles. The SMILES string of the molecule is COc1ccc(NC(=O)C2CC(=O)N(c3ccc(OC)cc3OC)C2)cc1. The van der Waals surface area contributed by atoms with Crippen LogP contribution in [-0.2, 0) is 9.59 Å². The molecule has 7 heteroatoms. The van der Waals surface area contributed by atoms with Gasteiger partial charge < -0.3 is 24.4 Å². The minimum Gasteiger partial charge on any atom is -0.497 e. The third-order valence-corrected chi connectivity index (χ3v) is 4.53. The number of rotatable bonds is 6. The van der Waals surface area contributed by atoms with Crippen molar-refractivity contribution in [3.63, 3.8) is 0 Å². The van der Waals surface area contributed by atoms with Gasteiger partial charge in [0.2, 0.25) is 11.8 Å². The molecule has 0 aromatic heterocycles. The summed E-state index contributed by atoms with van der Waals surface area (Å²) in [6, 6.07) is 12.3. The Kier molecular flexibility index (Phi) is 5.49. The van der Waals surface area contributed by atoms with Crippen LogP contribution in [0.1, 0.15) is 6.42 Å². The molecule has 27 heavy (non-hydrogen) atoms. The van der Waals surface area contributed by atoms with Gasteiger partial charge in [-0.05, 0) is 36.4 Å². The second-order valence-electron chi connectivity index (χ2n) is 6.16. The number of ether oxygens (including phenoxy) is 3. The van der Waals surface area contributed by atoms with Crippen molar-refractivity contribution < 1.29 is 23.8 Å². The molecule has 1 N–H and O–H groups in total. The van der Waals surface area contributed by atoms with E-state index < -0.39 is 5.92 Å². The number of anilines is 2. The van der Waals surface area contributed by atoms with E-state index in [2.05, 4.69) is 5.32 Å². The fourth-order valence-electron chi connectivity index (χ4n) is 3.04. The number of carbonyl (C=O) groups excluding carboxylic acids is 2. The highest BCUT2D eigenvalue weighted by Gasteiger charge is 2.36. The molecular weight excluding hydrogens is 348 g/mol. The normalized spacial score (nSPS) is 16.2. The highest BCUT2D eigenvalue weighted by atomic mass is 16.5. The van der Waals surface area contributed by atoms with E-state index in [4.69, 9.17) is 14.2 Å².